The number of rotatable bonds is 4. The van der Waals surface area contributed by atoms with E-state index in [1.807, 2.05) is 30.0 Å². The van der Waals surface area contributed by atoms with Crippen molar-refractivity contribution in [2.75, 3.05) is 26.8 Å². The molecule has 0 bridgehead atoms. The highest BCUT2D eigenvalue weighted by molar-refractivity contribution is 5.97. The lowest BCUT2D eigenvalue weighted by molar-refractivity contribution is 0.0781. The Kier molecular flexibility index (Phi) is 4.43. The number of methoxy groups -OCH3 is 1. The fraction of sp³-hybridized carbons (Fsp3) is 0.533. The second kappa shape index (κ2) is 6.06. The predicted molar refractivity (Wildman–Crippen MR) is 73.4 cm³/mol. The molecule has 0 radical (unpaired) electrons. The molecule has 1 saturated heterocycles. The molecule has 1 unspecified atom stereocenters. The van der Waals surface area contributed by atoms with Gasteiger partial charge in [-0.3, -0.25) is 4.79 Å². The fourth-order valence-electron chi connectivity index (χ4n) is 2.59. The molecule has 19 heavy (non-hydrogen) atoms. The first-order valence-electron chi connectivity index (χ1n) is 6.70. The number of ether oxygens (including phenoxy) is 1. The summed E-state index contributed by atoms with van der Waals surface area (Å²) in [6.45, 7) is 3.66. The van der Waals surface area contributed by atoms with E-state index in [1.165, 1.54) is 0 Å². The van der Waals surface area contributed by atoms with Crippen LogP contribution in [-0.2, 0) is 0 Å². The van der Waals surface area contributed by atoms with Crippen molar-refractivity contribution in [1.29, 1.82) is 0 Å². The number of aryl methyl sites for hydroxylation is 1. The van der Waals surface area contributed by atoms with Crippen molar-refractivity contribution in [3.63, 3.8) is 0 Å². The van der Waals surface area contributed by atoms with Crippen molar-refractivity contribution >= 4 is 5.91 Å². The number of aliphatic hydroxyl groups excluding tert-OH is 1. The number of benzene rings is 1. The van der Waals surface area contributed by atoms with Crippen LogP contribution in [0, 0.1) is 12.8 Å². The molecule has 0 aliphatic carbocycles. The maximum Gasteiger partial charge on any atom is 0.257 e. The summed E-state index contributed by atoms with van der Waals surface area (Å²) in [5, 5.41) is 8.96. The third-order valence-corrected chi connectivity index (χ3v) is 3.70. The Morgan fingerprint density at radius 1 is 1.53 bits per heavy atom. The Balaban J connectivity index is 2.14. The maximum atomic E-state index is 12.5. The lowest BCUT2D eigenvalue weighted by Gasteiger charge is -2.18. The molecular weight excluding hydrogens is 242 g/mol. The average Bonchev–Trinajstić information content (AvgIpc) is 2.87. The molecule has 4 nitrogen and oxygen atoms in total. The van der Waals surface area contributed by atoms with Crippen LogP contribution < -0.4 is 4.74 Å². The van der Waals surface area contributed by atoms with E-state index in [1.54, 1.807) is 7.11 Å². The largest absolute Gasteiger partial charge is 0.496 e. The zero-order valence-electron chi connectivity index (χ0n) is 11.6. The van der Waals surface area contributed by atoms with Crippen LogP contribution in [0.2, 0.25) is 0 Å². The van der Waals surface area contributed by atoms with E-state index in [0.29, 0.717) is 17.2 Å². The van der Waals surface area contributed by atoms with Crippen LogP contribution in [0.4, 0.5) is 0 Å². The maximum absolute atomic E-state index is 12.5. The normalized spacial score (nSPS) is 18.7. The number of aliphatic hydroxyl groups is 1. The molecule has 4 heteroatoms. The summed E-state index contributed by atoms with van der Waals surface area (Å²) in [5.74, 6) is 1.08. The van der Waals surface area contributed by atoms with E-state index in [0.717, 1.165) is 31.5 Å². The smallest absolute Gasteiger partial charge is 0.257 e. The van der Waals surface area contributed by atoms with Crippen LogP contribution in [-0.4, -0.2) is 42.7 Å². The van der Waals surface area contributed by atoms with E-state index in [-0.39, 0.29) is 12.5 Å². The summed E-state index contributed by atoms with van der Waals surface area (Å²) in [4.78, 5) is 14.4. The van der Waals surface area contributed by atoms with Crippen LogP contribution in [0.3, 0.4) is 0 Å². The first-order chi connectivity index (χ1) is 9.15. The molecule has 0 aromatic heterocycles. The Morgan fingerprint density at radius 2 is 2.32 bits per heavy atom. The Bertz CT molecular complexity index is 459. The first kappa shape index (κ1) is 13.9. The summed E-state index contributed by atoms with van der Waals surface area (Å²) in [7, 11) is 1.58. The second-order valence-electron chi connectivity index (χ2n) is 5.12. The van der Waals surface area contributed by atoms with E-state index >= 15 is 0 Å². The molecule has 1 atom stereocenters. The summed E-state index contributed by atoms with van der Waals surface area (Å²) in [5.41, 5.74) is 1.68. The molecule has 1 aliphatic heterocycles. The summed E-state index contributed by atoms with van der Waals surface area (Å²) in [6, 6.07) is 5.65. The van der Waals surface area contributed by atoms with E-state index in [9.17, 15) is 4.79 Å². The molecule has 1 amide bonds. The molecule has 1 aliphatic rings. The quantitative estimate of drug-likeness (QED) is 0.902. The molecular formula is C15H21NO3. The van der Waals surface area contributed by atoms with Gasteiger partial charge in [0.25, 0.3) is 5.91 Å². The molecule has 1 aromatic carbocycles. The van der Waals surface area contributed by atoms with Gasteiger partial charge in [0.1, 0.15) is 5.75 Å². The van der Waals surface area contributed by atoms with Gasteiger partial charge >= 0.3 is 0 Å². The van der Waals surface area contributed by atoms with Crippen molar-refractivity contribution in [3.8, 4) is 5.75 Å². The molecule has 1 heterocycles. The number of amides is 1. The molecule has 2 rings (SSSR count). The fourth-order valence-corrected chi connectivity index (χ4v) is 2.59. The van der Waals surface area contributed by atoms with E-state index in [4.69, 9.17) is 9.84 Å². The third-order valence-electron chi connectivity index (χ3n) is 3.70. The molecule has 1 fully saturated rings. The van der Waals surface area contributed by atoms with Crippen LogP contribution in [0.1, 0.15) is 28.8 Å². The molecule has 0 spiro atoms. The highest BCUT2D eigenvalue weighted by Gasteiger charge is 2.28. The van der Waals surface area contributed by atoms with Gasteiger partial charge in [0.15, 0.2) is 0 Å². The van der Waals surface area contributed by atoms with Crippen molar-refractivity contribution < 1.29 is 14.6 Å². The van der Waals surface area contributed by atoms with Crippen LogP contribution in [0.15, 0.2) is 18.2 Å². The Hall–Kier alpha value is -1.55. The van der Waals surface area contributed by atoms with Crippen molar-refractivity contribution in [2.24, 2.45) is 5.92 Å². The molecule has 0 saturated carbocycles. The number of carbonyl (C=O) groups excluding carboxylic acids is 1. The van der Waals surface area contributed by atoms with Gasteiger partial charge in [-0.1, -0.05) is 11.6 Å². The summed E-state index contributed by atoms with van der Waals surface area (Å²) in [6.07, 6.45) is 1.75. The highest BCUT2D eigenvalue weighted by atomic mass is 16.5. The highest BCUT2D eigenvalue weighted by Crippen LogP contribution is 2.26. The van der Waals surface area contributed by atoms with Crippen LogP contribution in [0.5, 0.6) is 5.75 Å². The average molecular weight is 263 g/mol. The molecule has 1 N–H and O–H groups in total. The van der Waals surface area contributed by atoms with Gasteiger partial charge in [0.2, 0.25) is 0 Å². The molecule has 104 valence electrons. The van der Waals surface area contributed by atoms with Crippen molar-refractivity contribution in [1.82, 2.24) is 4.90 Å². The number of hydrogen-bond acceptors (Lipinski definition) is 3. The summed E-state index contributed by atoms with van der Waals surface area (Å²) >= 11 is 0. The minimum Gasteiger partial charge on any atom is -0.496 e. The zero-order chi connectivity index (χ0) is 13.8. The second-order valence-corrected chi connectivity index (χ2v) is 5.12. The van der Waals surface area contributed by atoms with Gasteiger partial charge in [-0.2, -0.15) is 0 Å². The molecule has 1 aromatic rings. The van der Waals surface area contributed by atoms with Gasteiger partial charge in [-0.05, 0) is 37.8 Å². The zero-order valence-corrected chi connectivity index (χ0v) is 11.6. The number of nitrogens with zero attached hydrogens (tertiary/aromatic N) is 1. The van der Waals surface area contributed by atoms with Gasteiger partial charge < -0.3 is 14.7 Å². The van der Waals surface area contributed by atoms with E-state index < -0.39 is 0 Å². The van der Waals surface area contributed by atoms with Gasteiger partial charge in [-0.25, -0.2) is 0 Å². The van der Waals surface area contributed by atoms with Gasteiger partial charge in [0, 0.05) is 19.7 Å². The minimum atomic E-state index is 0.0287. The predicted octanol–water partition coefficient (Wildman–Crippen LogP) is 1.85. The van der Waals surface area contributed by atoms with E-state index in [2.05, 4.69) is 0 Å². The summed E-state index contributed by atoms with van der Waals surface area (Å²) < 4.78 is 5.27. The lowest BCUT2D eigenvalue weighted by Crippen LogP contribution is -2.29. The van der Waals surface area contributed by atoms with Gasteiger partial charge in [-0.15, -0.1) is 0 Å². The lowest BCUT2D eigenvalue weighted by atomic mass is 10.1. The van der Waals surface area contributed by atoms with Crippen molar-refractivity contribution in [3.05, 3.63) is 29.3 Å². The van der Waals surface area contributed by atoms with Gasteiger partial charge in [0.05, 0.1) is 12.7 Å². The van der Waals surface area contributed by atoms with Crippen molar-refractivity contribution in [2.45, 2.75) is 19.8 Å². The topological polar surface area (TPSA) is 49.8 Å². The van der Waals surface area contributed by atoms with Crippen LogP contribution in [0.25, 0.3) is 0 Å². The minimum absolute atomic E-state index is 0.0287. The standard InChI is InChI=1S/C15H21NO3/c1-11-3-4-14(19-2)13(9-11)15(18)16-7-5-12(10-16)6-8-17/h3-4,9,12,17H,5-8,10H2,1-2H3. The monoisotopic (exact) mass is 263 g/mol. The van der Waals surface area contributed by atoms with Crippen LogP contribution >= 0.6 is 0 Å². The number of carbonyl (C=O) groups is 1. The first-order valence-corrected chi connectivity index (χ1v) is 6.70. The SMILES string of the molecule is COc1ccc(C)cc1C(=O)N1CCC(CCO)C1. The third kappa shape index (κ3) is 3.07. The Labute approximate surface area is 114 Å². The Morgan fingerprint density at radius 3 is 3.00 bits per heavy atom. The number of likely N-dealkylation sites (tertiary alicyclic amines) is 1. The number of hydrogen-bond donors (Lipinski definition) is 1.